The second-order valence-electron chi connectivity index (χ2n) is 10.3. The molecule has 0 fully saturated rings. The number of aliphatic hydroxyl groups is 3. The molecular weight excluding hydrogens is 635 g/mol. The molecule has 0 saturated heterocycles. The van der Waals surface area contributed by atoms with Crippen LogP contribution in [-0.2, 0) is 6.18 Å². The van der Waals surface area contributed by atoms with Gasteiger partial charge in [0.15, 0.2) is 13.5 Å². The average Bonchev–Trinajstić information content (AvgIpc) is 3.50. The van der Waals surface area contributed by atoms with Gasteiger partial charge in [0.2, 0.25) is 5.96 Å². The number of carbonyl (C=O) groups is 2. The van der Waals surface area contributed by atoms with E-state index in [4.69, 9.17) is 19.4 Å². The van der Waals surface area contributed by atoms with Crippen molar-refractivity contribution >= 4 is 54.3 Å². The number of amides is 2. The van der Waals surface area contributed by atoms with Crippen molar-refractivity contribution in [3.05, 3.63) is 86.9 Å². The van der Waals surface area contributed by atoms with Crippen molar-refractivity contribution in [2.75, 3.05) is 28.3 Å². The van der Waals surface area contributed by atoms with E-state index in [2.05, 4.69) is 15.6 Å². The molecule has 10 nitrogen and oxygen atoms in total. The molecule has 0 aliphatic carbocycles. The molecule has 2 radical (unpaired) electrons. The molecule has 3 heterocycles. The molecule has 232 valence electrons. The Morgan fingerprint density at radius 2 is 1.82 bits per heavy atom. The summed E-state index contributed by atoms with van der Waals surface area (Å²) in [7, 11) is 5.59. The molecule has 0 aromatic heterocycles. The predicted molar refractivity (Wildman–Crippen MR) is 148 cm³/mol. The summed E-state index contributed by atoms with van der Waals surface area (Å²) in [6, 6.07) is 4.01. The normalized spacial score (nSPS) is 21.3. The zero-order valence-corrected chi connectivity index (χ0v) is 23.0. The molecule has 6 rings (SSSR count). The third-order valence-electron chi connectivity index (χ3n) is 7.46. The van der Waals surface area contributed by atoms with Gasteiger partial charge in [0.05, 0.1) is 35.1 Å². The molecule has 2 amide bonds. The Morgan fingerprint density at radius 1 is 1.11 bits per heavy atom. The summed E-state index contributed by atoms with van der Waals surface area (Å²) in [5, 5.41) is 37.0. The zero-order valence-electron chi connectivity index (χ0n) is 22.3. The van der Waals surface area contributed by atoms with E-state index in [0.717, 1.165) is 23.1 Å². The van der Waals surface area contributed by atoms with Crippen LogP contribution in [0, 0.1) is 11.6 Å². The maximum Gasteiger partial charge on any atom is 0.416 e. The van der Waals surface area contributed by atoms with Crippen molar-refractivity contribution in [1.82, 2.24) is 5.32 Å². The fourth-order valence-electron chi connectivity index (χ4n) is 5.49. The average molecular weight is 652 g/mol. The Labute approximate surface area is 254 Å². The van der Waals surface area contributed by atoms with E-state index in [0.29, 0.717) is 17.0 Å². The van der Waals surface area contributed by atoms with E-state index >= 15 is 0 Å². The summed E-state index contributed by atoms with van der Waals surface area (Å²) in [6.07, 6.45) is -5.01. The second-order valence-corrected chi connectivity index (χ2v) is 10.7. The third kappa shape index (κ3) is 4.68. The highest BCUT2D eigenvalue weighted by Gasteiger charge is 2.62. The SMILES string of the molecule is [B]C1(O)N=C2N(CCF)c3cc(NC(=O)c4cc(F)cc(C(F)(F)F)c4)c4c(c3N2C1(O)O)C(=O)NC4c1cc(F)ccc1Cl. The maximum absolute atomic E-state index is 14.4. The number of hydrogen-bond donors (Lipinski definition) is 5. The number of guanidine groups is 1. The van der Waals surface area contributed by atoms with Crippen LogP contribution in [0.1, 0.15) is 43.4 Å². The maximum atomic E-state index is 14.4. The van der Waals surface area contributed by atoms with Crippen molar-refractivity contribution < 1.29 is 51.3 Å². The van der Waals surface area contributed by atoms with Crippen molar-refractivity contribution in [3.63, 3.8) is 0 Å². The number of nitrogens with one attached hydrogen (secondary N) is 2. The van der Waals surface area contributed by atoms with Crippen LogP contribution in [0.5, 0.6) is 0 Å². The summed E-state index contributed by atoms with van der Waals surface area (Å²) in [5.74, 6) is -8.32. The molecule has 3 aromatic carbocycles. The summed E-state index contributed by atoms with van der Waals surface area (Å²) >= 11 is 6.31. The van der Waals surface area contributed by atoms with Gasteiger partial charge in [-0.15, -0.1) is 0 Å². The van der Waals surface area contributed by atoms with Crippen LogP contribution in [0.15, 0.2) is 47.5 Å². The van der Waals surface area contributed by atoms with Gasteiger partial charge in [-0.25, -0.2) is 18.2 Å². The largest absolute Gasteiger partial charge is 0.416 e. The van der Waals surface area contributed by atoms with Crippen LogP contribution in [0.3, 0.4) is 0 Å². The van der Waals surface area contributed by atoms with E-state index < -0.39 is 83.1 Å². The van der Waals surface area contributed by atoms with Gasteiger partial charge in [-0.1, -0.05) is 11.6 Å². The van der Waals surface area contributed by atoms with E-state index in [-0.39, 0.29) is 39.3 Å². The molecule has 0 spiro atoms. The van der Waals surface area contributed by atoms with Gasteiger partial charge in [0.25, 0.3) is 17.7 Å². The van der Waals surface area contributed by atoms with E-state index in [1.165, 1.54) is 6.07 Å². The Morgan fingerprint density at radius 3 is 2.49 bits per heavy atom. The van der Waals surface area contributed by atoms with Gasteiger partial charge in [-0.3, -0.25) is 14.5 Å². The summed E-state index contributed by atoms with van der Waals surface area (Å²) in [6.45, 7) is -1.64. The molecule has 3 aromatic rings. The fraction of sp³-hybridized carbons (Fsp3) is 0.222. The highest BCUT2D eigenvalue weighted by atomic mass is 35.5. The number of alkyl halides is 4. The summed E-state index contributed by atoms with van der Waals surface area (Å²) in [4.78, 5) is 32.1. The van der Waals surface area contributed by atoms with Crippen molar-refractivity contribution in [2.24, 2.45) is 4.99 Å². The van der Waals surface area contributed by atoms with Crippen molar-refractivity contribution in [2.45, 2.75) is 23.8 Å². The first-order chi connectivity index (χ1) is 21.0. The Kier molecular flexibility index (Phi) is 6.89. The number of carbonyl (C=O) groups excluding carboxylic acids is 2. The minimum atomic E-state index is -5.01. The lowest BCUT2D eigenvalue weighted by Crippen LogP contribution is -2.61. The van der Waals surface area contributed by atoms with Gasteiger partial charge >= 0.3 is 6.18 Å². The second kappa shape index (κ2) is 10.1. The van der Waals surface area contributed by atoms with Crippen LogP contribution in [0.2, 0.25) is 5.02 Å². The van der Waals surface area contributed by atoms with E-state index in [9.17, 15) is 51.3 Å². The lowest BCUT2D eigenvalue weighted by molar-refractivity contribution is -0.224. The first-order valence-electron chi connectivity index (χ1n) is 12.8. The Bertz CT molecular complexity index is 1840. The van der Waals surface area contributed by atoms with Gasteiger partial charge in [-0.05, 0) is 42.5 Å². The van der Waals surface area contributed by atoms with Gasteiger partial charge in [0.1, 0.15) is 18.3 Å². The Hall–Kier alpha value is -4.32. The molecule has 2 atom stereocenters. The number of halogens is 7. The lowest BCUT2D eigenvalue weighted by atomic mass is 9.87. The molecular formula is C27H17BClF6N5O5. The topological polar surface area (TPSA) is 138 Å². The molecule has 3 aliphatic heterocycles. The monoisotopic (exact) mass is 651 g/mol. The van der Waals surface area contributed by atoms with Crippen molar-refractivity contribution in [3.8, 4) is 0 Å². The standard InChI is InChI=1S/C27H17BClF6N5O5/c28-26(43)27(44,45)40-21-17(39(4-3-30)24(40)38-26)9-16(36-22(41)10-5-11(25(33,34)35)7-13(32)6-10)18-19(21)23(42)37-20(18)14-8-12(31)1-2-15(14)29/h1-2,5-9,20,43-45H,3-4H2,(H,36,41)(H,37,42). The molecule has 2 unspecified atom stereocenters. The molecule has 0 bridgehead atoms. The van der Waals surface area contributed by atoms with Crippen LogP contribution in [-0.4, -0.2) is 65.7 Å². The van der Waals surface area contributed by atoms with Gasteiger partial charge in [0, 0.05) is 27.4 Å². The van der Waals surface area contributed by atoms with Crippen LogP contribution < -0.4 is 20.4 Å². The lowest BCUT2D eigenvalue weighted by Gasteiger charge is -2.35. The molecule has 0 saturated carbocycles. The zero-order chi connectivity index (χ0) is 32.8. The van der Waals surface area contributed by atoms with E-state index in [1.807, 2.05) is 0 Å². The number of benzene rings is 3. The summed E-state index contributed by atoms with van der Waals surface area (Å²) in [5.41, 5.74) is -6.85. The molecule has 5 N–H and O–H groups in total. The molecule has 18 heteroatoms. The first kappa shape index (κ1) is 30.7. The number of aliphatic imine (C=N–C) groups is 1. The highest BCUT2D eigenvalue weighted by Crippen LogP contribution is 2.54. The molecule has 45 heavy (non-hydrogen) atoms. The van der Waals surface area contributed by atoms with Crippen LogP contribution in [0.4, 0.5) is 43.4 Å². The van der Waals surface area contributed by atoms with Crippen LogP contribution in [0.25, 0.3) is 0 Å². The van der Waals surface area contributed by atoms with E-state index in [1.54, 1.807) is 0 Å². The number of hydrogen-bond acceptors (Lipinski definition) is 8. The van der Waals surface area contributed by atoms with Crippen LogP contribution >= 0.6 is 11.6 Å². The molecule has 3 aliphatic rings. The number of fused-ring (bicyclic) bond motifs is 5. The number of anilines is 3. The number of rotatable bonds is 5. The smallest absolute Gasteiger partial charge is 0.371 e. The first-order valence-corrected chi connectivity index (χ1v) is 13.2. The predicted octanol–water partition coefficient (Wildman–Crippen LogP) is 3.14. The fourth-order valence-corrected chi connectivity index (χ4v) is 5.72. The minimum absolute atomic E-state index is 0.0483. The highest BCUT2D eigenvalue weighted by molar-refractivity contribution is 6.32. The third-order valence-corrected chi connectivity index (χ3v) is 7.80. The minimum Gasteiger partial charge on any atom is -0.371 e. The Balaban J connectivity index is 1.59. The van der Waals surface area contributed by atoms with Gasteiger partial charge in [-0.2, -0.15) is 13.2 Å². The van der Waals surface area contributed by atoms with Crippen molar-refractivity contribution in [1.29, 1.82) is 0 Å². The number of nitrogens with zero attached hydrogens (tertiary/aromatic N) is 3. The summed E-state index contributed by atoms with van der Waals surface area (Å²) < 4.78 is 82.3. The van der Waals surface area contributed by atoms with Gasteiger partial charge < -0.3 is 30.9 Å². The quantitative estimate of drug-likeness (QED) is 0.162.